The lowest BCUT2D eigenvalue weighted by Gasteiger charge is -2.17. The van der Waals surface area contributed by atoms with E-state index in [9.17, 15) is 18.3 Å². The van der Waals surface area contributed by atoms with Crippen LogP contribution in [0.4, 0.5) is 13.2 Å². The molecular formula is C16H16F3NO. The van der Waals surface area contributed by atoms with E-state index in [-0.39, 0.29) is 5.56 Å². The highest BCUT2D eigenvalue weighted by molar-refractivity contribution is 5.37. The minimum Gasteiger partial charge on any atom is -0.384 e. The predicted molar refractivity (Wildman–Crippen MR) is 74.7 cm³/mol. The lowest BCUT2D eigenvalue weighted by molar-refractivity contribution is -0.137. The van der Waals surface area contributed by atoms with Crippen LogP contribution in [-0.4, -0.2) is 12.2 Å². The van der Waals surface area contributed by atoms with Gasteiger partial charge in [-0.05, 0) is 35.9 Å². The Balaban J connectivity index is 2.38. The fourth-order valence-electron chi connectivity index (χ4n) is 2.22. The highest BCUT2D eigenvalue weighted by Gasteiger charge is 2.31. The van der Waals surface area contributed by atoms with Gasteiger partial charge in [0.1, 0.15) is 6.10 Å². The minimum atomic E-state index is -4.42. The summed E-state index contributed by atoms with van der Waals surface area (Å²) in [6.45, 7) is 0.534. The van der Waals surface area contributed by atoms with Gasteiger partial charge in [0.05, 0.1) is 5.56 Å². The standard InChI is InChI=1S/C16H16F3NO/c1-20-10-12-5-2-3-8-14(12)15(21)11-6-4-7-13(9-11)16(17,18)19/h2-9,15,20-21H,10H2,1H3/t15-/m1/s1. The molecule has 2 rings (SSSR count). The molecule has 21 heavy (non-hydrogen) atoms. The normalized spacial score (nSPS) is 13.2. The first-order valence-corrected chi connectivity index (χ1v) is 6.51. The van der Waals surface area contributed by atoms with Gasteiger partial charge >= 0.3 is 6.18 Å². The molecule has 0 heterocycles. The molecule has 2 N–H and O–H groups in total. The lowest BCUT2D eigenvalue weighted by atomic mass is 9.95. The Morgan fingerprint density at radius 3 is 2.48 bits per heavy atom. The van der Waals surface area contributed by atoms with Crippen LogP contribution in [0.1, 0.15) is 28.4 Å². The molecule has 0 aromatic heterocycles. The van der Waals surface area contributed by atoms with Gasteiger partial charge in [-0.1, -0.05) is 36.4 Å². The highest BCUT2D eigenvalue weighted by atomic mass is 19.4. The molecule has 0 bridgehead atoms. The van der Waals surface area contributed by atoms with Crippen LogP contribution in [0.15, 0.2) is 48.5 Å². The Labute approximate surface area is 121 Å². The average Bonchev–Trinajstić information content (AvgIpc) is 2.47. The second kappa shape index (κ2) is 6.28. The first kappa shape index (κ1) is 15.5. The Bertz CT molecular complexity index is 610. The monoisotopic (exact) mass is 295 g/mol. The van der Waals surface area contributed by atoms with E-state index in [4.69, 9.17) is 0 Å². The second-order valence-corrected chi connectivity index (χ2v) is 4.75. The summed E-state index contributed by atoms with van der Waals surface area (Å²) >= 11 is 0. The summed E-state index contributed by atoms with van der Waals surface area (Å²) in [4.78, 5) is 0. The van der Waals surface area contributed by atoms with Crippen molar-refractivity contribution in [3.8, 4) is 0 Å². The predicted octanol–water partition coefficient (Wildman–Crippen LogP) is 3.51. The summed E-state index contributed by atoms with van der Waals surface area (Å²) in [6, 6.07) is 11.9. The molecule has 0 fully saturated rings. The van der Waals surface area contributed by atoms with Crippen LogP contribution in [0.25, 0.3) is 0 Å². The van der Waals surface area contributed by atoms with Crippen LogP contribution in [0.2, 0.25) is 0 Å². The summed E-state index contributed by atoms with van der Waals surface area (Å²) in [5.74, 6) is 0. The lowest BCUT2D eigenvalue weighted by Crippen LogP contribution is -2.11. The molecule has 0 amide bonds. The molecular weight excluding hydrogens is 279 g/mol. The number of nitrogens with one attached hydrogen (secondary N) is 1. The molecule has 112 valence electrons. The van der Waals surface area contributed by atoms with Gasteiger partial charge in [0.2, 0.25) is 0 Å². The molecule has 0 radical (unpaired) electrons. The number of alkyl halides is 3. The third-order valence-corrected chi connectivity index (χ3v) is 3.25. The van der Waals surface area contributed by atoms with E-state index in [1.54, 1.807) is 19.2 Å². The molecule has 0 unspecified atom stereocenters. The van der Waals surface area contributed by atoms with Crippen molar-refractivity contribution in [3.63, 3.8) is 0 Å². The Morgan fingerprint density at radius 2 is 1.81 bits per heavy atom. The van der Waals surface area contributed by atoms with E-state index in [1.165, 1.54) is 12.1 Å². The fraction of sp³-hybridized carbons (Fsp3) is 0.250. The number of aliphatic hydroxyl groups excluding tert-OH is 1. The highest BCUT2D eigenvalue weighted by Crippen LogP contribution is 2.32. The van der Waals surface area contributed by atoms with E-state index < -0.39 is 17.8 Å². The molecule has 0 saturated heterocycles. The maximum atomic E-state index is 12.7. The molecule has 0 aliphatic rings. The first-order chi connectivity index (χ1) is 9.93. The molecule has 0 aliphatic carbocycles. The number of aliphatic hydroxyl groups is 1. The Hall–Kier alpha value is -1.85. The van der Waals surface area contributed by atoms with Crippen molar-refractivity contribution in [1.82, 2.24) is 5.32 Å². The third kappa shape index (κ3) is 3.62. The Morgan fingerprint density at radius 1 is 1.10 bits per heavy atom. The fourth-order valence-corrected chi connectivity index (χ4v) is 2.22. The average molecular weight is 295 g/mol. The van der Waals surface area contributed by atoms with Gasteiger partial charge in [0.15, 0.2) is 0 Å². The van der Waals surface area contributed by atoms with E-state index in [0.717, 1.165) is 17.7 Å². The number of benzene rings is 2. The molecule has 0 aliphatic heterocycles. The molecule has 0 saturated carbocycles. The number of rotatable bonds is 4. The van der Waals surface area contributed by atoms with Gasteiger partial charge in [-0.25, -0.2) is 0 Å². The molecule has 2 nitrogen and oxygen atoms in total. The zero-order chi connectivity index (χ0) is 15.5. The molecule has 2 aromatic carbocycles. The third-order valence-electron chi connectivity index (χ3n) is 3.25. The number of hydrogen-bond acceptors (Lipinski definition) is 2. The molecule has 2 aromatic rings. The van der Waals surface area contributed by atoms with Crippen LogP contribution in [0.3, 0.4) is 0 Å². The largest absolute Gasteiger partial charge is 0.416 e. The topological polar surface area (TPSA) is 32.3 Å². The van der Waals surface area contributed by atoms with Gasteiger partial charge in [0, 0.05) is 6.54 Å². The number of halogens is 3. The van der Waals surface area contributed by atoms with Crippen molar-refractivity contribution in [2.45, 2.75) is 18.8 Å². The van der Waals surface area contributed by atoms with Crippen molar-refractivity contribution in [2.75, 3.05) is 7.05 Å². The van der Waals surface area contributed by atoms with Crippen molar-refractivity contribution in [3.05, 3.63) is 70.8 Å². The van der Waals surface area contributed by atoms with Crippen LogP contribution < -0.4 is 5.32 Å². The Kier molecular flexibility index (Phi) is 4.65. The summed E-state index contributed by atoms with van der Waals surface area (Å²) in [5, 5.41) is 13.4. The molecule has 1 atom stereocenters. The van der Waals surface area contributed by atoms with Gasteiger partial charge in [0.25, 0.3) is 0 Å². The SMILES string of the molecule is CNCc1ccccc1[C@H](O)c1cccc(C(F)(F)F)c1. The van der Waals surface area contributed by atoms with Gasteiger partial charge in [-0.3, -0.25) is 0 Å². The summed E-state index contributed by atoms with van der Waals surface area (Å²) in [5.41, 5.74) is 0.926. The number of hydrogen-bond donors (Lipinski definition) is 2. The summed E-state index contributed by atoms with van der Waals surface area (Å²) in [6.07, 6.45) is -5.50. The van der Waals surface area contributed by atoms with E-state index in [2.05, 4.69) is 5.32 Å². The van der Waals surface area contributed by atoms with Gasteiger partial charge in [-0.2, -0.15) is 13.2 Å². The van der Waals surface area contributed by atoms with Gasteiger partial charge in [-0.15, -0.1) is 0 Å². The van der Waals surface area contributed by atoms with Crippen LogP contribution in [-0.2, 0) is 12.7 Å². The smallest absolute Gasteiger partial charge is 0.384 e. The van der Waals surface area contributed by atoms with Crippen LogP contribution in [0.5, 0.6) is 0 Å². The van der Waals surface area contributed by atoms with Crippen molar-refractivity contribution < 1.29 is 18.3 Å². The van der Waals surface area contributed by atoms with E-state index >= 15 is 0 Å². The van der Waals surface area contributed by atoms with Crippen molar-refractivity contribution in [1.29, 1.82) is 0 Å². The second-order valence-electron chi connectivity index (χ2n) is 4.75. The first-order valence-electron chi connectivity index (χ1n) is 6.51. The summed E-state index contributed by atoms with van der Waals surface area (Å²) in [7, 11) is 1.77. The minimum absolute atomic E-state index is 0.230. The molecule has 0 spiro atoms. The maximum absolute atomic E-state index is 12.7. The van der Waals surface area contributed by atoms with E-state index in [1.807, 2.05) is 12.1 Å². The van der Waals surface area contributed by atoms with E-state index in [0.29, 0.717) is 12.1 Å². The zero-order valence-corrected chi connectivity index (χ0v) is 11.5. The van der Waals surface area contributed by atoms with Gasteiger partial charge < -0.3 is 10.4 Å². The van der Waals surface area contributed by atoms with Crippen LogP contribution >= 0.6 is 0 Å². The maximum Gasteiger partial charge on any atom is 0.416 e. The molecule has 5 heteroatoms. The van der Waals surface area contributed by atoms with Crippen LogP contribution in [0, 0.1) is 0 Å². The van der Waals surface area contributed by atoms with Crippen molar-refractivity contribution in [2.24, 2.45) is 0 Å². The van der Waals surface area contributed by atoms with Crippen molar-refractivity contribution >= 4 is 0 Å². The summed E-state index contributed by atoms with van der Waals surface area (Å²) < 4.78 is 38.2. The zero-order valence-electron chi connectivity index (χ0n) is 11.5. The quantitative estimate of drug-likeness (QED) is 0.904.